The molecule has 1 aliphatic rings. The van der Waals surface area contributed by atoms with E-state index in [-0.39, 0.29) is 11.6 Å². The van der Waals surface area contributed by atoms with E-state index in [4.69, 9.17) is 22.1 Å². The van der Waals surface area contributed by atoms with Gasteiger partial charge in [-0.15, -0.1) is 0 Å². The molecule has 15 heavy (non-hydrogen) atoms. The van der Waals surface area contributed by atoms with Crippen LogP contribution in [0.2, 0.25) is 5.02 Å². The molecule has 3 heteroatoms. The van der Waals surface area contributed by atoms with Crippen LogP contribution in [0.5, 0.6) is 0 Å². The molecule has 0 amide bonds. The van der Waals surface area contributed by atoms with E-state index in [0.29, 0.717) is 0 Å². The average molecular weight is 226 g/mol. The molecule has 1 aromatic rings. The molecule has 0 bridgehead atoms. The number of hydrogen-bond donors (Lipinski definition) is 1. The molecule has 0 saturated carbocycles. The Morgan fingerprint density at radius 2 is 2.33 bits per heavy atom. The Labute approximate surface area is 95.4 Å². The molecule has 0 aromatic heterocycles. The average Bonchev–Trinajstić information content (AvgIpc) is 2.65. The van der Waals surface area contributed by atoms with Crippen LogP contribution >= 0.6 is 11.6 Å². The molecule has 2 N–H and O–H groups in total. The minimum absolute atomic E-state index is 0.0984. The first kappa shape index (κ1) is 10.9. The molecule has 1 aliphatic heterocycles. The Balaban J connectivity index is 2.23. The third-order valence-electron chi connectivity index (χ3n) is 3.11. The van der Waals surface area contributed by atoms with Gasteiger partial charge in [-0.25, -0.2) is 0 Å². The van der Waals surface area contributed by atoms with E-state index in [9.17, 15) is 0 Å². The molecular weight excluding hydrogens is 210 g/mol. The maximum Gasteiger partial charge on any atom is 0.0847 e. The molecule has 1 heterocycles. The zero-order valence-electron chi connectivity index (χ0n) is 8.87. The van der Waals surface area contributed by atoms with Crippen molar-refractivity contribution < 1.29 is 4.74 Å². The van der Waals surface area contributed by atoms with Crippen LogP contribution in [0.1, 0.15) is 31.4 Å². The fourth-order valence-electron chi connectivity index (χ4n) is 2.10. The summed E-state index contributed by atoms with van der Waals surface area (Å²) in [5.74, 6) is 0. The largest absolute Gasteiger partial charge is 0.373 e. The van der Waals surface area contributed by atoms with Gasteiger partial charge in [-0.3, -0.25) is 0 Å². The first-order valence-corrected chi connectivity index (χ1v) is 5.65. The van der Waals surface area contributed by atoms with Crippen LogP contribution < -0.4 is 5.73 Å². The third-order valence-corrected chi connectivity index (χ3v) is 3.35. The van der Waals surface area contributed by atoms with Gasteiger partial charge in [-0.1, -0.05) is 23.7 Å². The molecule has 82 valence electrons. The molecule has 2 rings (SSSR count). The van der Waals surface area contributed by atoms with Gasteiger partial charge in [-0.2, -0.15) is 0 Å². The number of halogens is 1. The van der Waals surface area contributed by atoms with Crippen molar-refractivity contribution in [3.63, 3.8) is 0 Å². The van der Waals surface area contributed by atoms with E-state index in [0.717, 1.165) is 30.0 Å². The van der Waals surface area contributed by atoms with Gasteiger partial charge in [0, 0.05) is 11.6 Å². The third kappa shape index (κ3) is 2.17. The molecule has 2 nitrogen and oxygen atoms in total. The zero-order chi connectivity index (χ0) is 10.9. The van der Waals surface area contributed by atoms with Crippen molar-refractivity contribution in [2.24, 2.45) is 5.73 Å². The summed E-state index contributed by atoms with van der Waals surface area (Å²) in [5.41, 5.74) is 7.04. The summed E-state index contributed by atoms with van der Waals surface area (Å²) in [6.07, 6.45) is 2.10. The Hall–Kier alpha value is -0.570. The lowest BCUT2D eigenvalue weighted by Crippen LogP contribution is -2.37. The van der Waals surface area contributed by atoms with Crippen LogP contribution in [-0.2, 0) is 4.74 Å². The summed E-state index contributed by atoms with van der Waals surface area (Å²) in [5, 5.41) is 0.726. The first-order valence-electron chi connectivity index (χ1n) is 5.27. The predicted octanol–water partition coefficient (Wildman–Crippen LogP) is 2.91. The molecular formula is C12H16ClNO. The quantitative estimate of drug-likeness (QED) is 0.840. The molecule has 1 aromatic carbocycles. The molecule has 2 unspecified atom stereocenters. The second-order valence-corrected chi connectivity index (χ2v) is 4.73. The number of benzene rings is 1. The monoisotopic (exact) mass is 225 g/mol. The van der Waals surface area contributed by atoms with Crippen molar-refractivity contribution in [3.05, 3.63) is 34.9 Å². The van der Waals surface area contributed by atoms with Gasteiger partial charge in [0.05, 0.1) is 11.6 Å². The number of ether oxygens (including phenoxy) is 1. The molecule has 1 saturated heterocycles. The number of rotatable bonds is 2. The fourth-order valence-corrected chi connectivity index (χ4v) is 2.30. The van der Waals surface area contributed by atoms with E-state index in [1.54, 1.807) is 0 Å². The van der Waals surface area contributed by atoms with Gasteiger partial charge >= 0.3 is 0 Å². The van der Waals surface area contributed by atoms with Crippen LogP contribution in [-0.4, -0.2) is 12.2 Å². The smallest absolute Gasteiger partial charge is 0.0847 e. The van der Waals surface area contributed by atoms with E-state index in [2.05, 4.69) is 6.92 Å². The van der Waals surface area contributed by atoms with Crippen LogP contribution in [0, 0.1) is 0 Å². The zero-order valence-corrected chi connectivity index (χ0v) is 9.63. The first-order chi connectivity index (χ1) is 7.12. The van der Waals surface area contributed by atoms with Crippen molar-refractivity contribution in [3.8, 4) is 0 Å². The van der Waals surface area contributed by atoms with Crippen LogP contribution in [0.15, 0.2) is 24.3 Å². The summed E-state index contributed by atoms with van der Waals surface area (Å²) >= 11 is 5.94. The summed E-state index contributed by atoms with van der Waals surface area (Å²) in [4.78, 5) is 0. The van der Waals surface area contributed by atoms with Crippen molar-refractivity contribution >= 4 is 11.6 Å². The minimum atomic E-state index is -0.231. The van der Waals surface area contributed by atoms with Crippen molar-refractivity contribution in [1.29, 1.82) is 0 Å². The summed E-state index contributed by atoms with van der Waals surface area (Å²) < 4.78 is 5.73. The molecule has 0 radical (unpaired) electrons. The van der Waals surface area contributed by atoms with Crippen LogP contribution in [0.3, 0.4) is 0 Å². The Morgan fingerprint density at radius 3 is 2.93 bits per heavy atom. The Kier molecular flexibility index (Phi) is 3.01. The second kappa shape index (κ2) is 4.12. The topological polar surface area (TPSA) is 35.2 Å². The highest BCUT2D eigenvalue weighted by atomic mass is 35.5. The maximum absolute atomic E-state index is 6.22. The Bertz CT molecular complexity index is 347. The lowest BCUT2D eigenvalue weighted by molar-refractivity contribution is -0.00173. The molecule has 2 atom stereocenters. The van der Waals surface area contributed by atoms with Gasteiger partial charge in [-0.05, 0) is 37.5 Å². The van der Waals surface area contributed by atoms with E-state index >= 15 is 0 Å². The summed E-state index contributed by atoms with van der Waals surface area (Å²) in [6, 6.07) is 7.60. The van der Waals surface area contributed by atoms with Crippen LogP contribution in [0.25, 0.3) is 0 Å². The van der Waals surface area contributed by atoms with E-state index < -0.39 is 0 Å². The summed E-state index contributed by atoms with van der Waals surface area (Å²) in [6.45, 7) is 2.89. The van der Waals surface area contributed by atoms with Crippen molar-refractivity contribution in [1.82, 2.24) is 0 Å². The van der Waals surface area contributed by atoms with Crippen molar-refractivity contribution in [2.45, 2.75) is 31.4 Å². The highest BCUT2D eigenvalue weighted by Crippen LogP contribution is 2.36. The molecule has 1 fully saturated rings. The standard InChI is InChI=1S/C12H16ClNO/c1-12(6-3-7-15-12)11(14)9-4-2-5-10(13)8-9/h2,4-5,8,11H,3,6-7,14H2,1H3. The van der Waals surface area contributed by atoms with Crippen molar-refractivity contribution in [2.75, 3.05) is 6.61 Å². The Morgan fingerprint density at radius 1 is 1.53 bits per heavy atom. The lowest BCUT2D eigenvalue weighted by Gasteiger charge is -2.30. The van der Waals surface area contributed by atoms with Gasteiger partial charge in [0.25, 0.3) is 0 Å². The predicted molar refractivity (Wildman–Crippen MR) is 62.0 cm³/mol. The highest BCUT2D eigenvalue weighted by molar-refractivity contribution is 6.30. The number of hydrogen-bond acceptors (Lipinski definition) is 2. The normalized spacial score (nSPS) is 27.9. The maximum atomic E-state index is 6.22. The SMILES string of the molecule is CC1(C(N)c2cccc(Cl)c2)CCCO1. The molecule has 0 aliphatic carbocycles. The second-order valence-electron chi connectivity index (χ2n) is 4.30. The van der Waals surface area contributed by atoms with Gasteiger partial charge in [0.1, 0.15) is 0 Å². The summed E-state index contributed by atoms with van der Waals surface area (Å²) in [7, 11) is 0. The van der Waals surface area contributed by atoms with E-state index in [1.165, 1.54) is 0 Å². The lowest BCUT2D eigenvalue weighted by atomic mass is 9.88. The van der Waals surface area contributed by atoms with Crippen LogP contribution in [0.4, 0.5) is 0 Å². The highest BCUT2D eigenvalue weighted by Gasteiger charge is 2.36. The van der Waals surface area contributed by atoms with Gasteiger partial charge in [0.2, 0.25) is 0 Å². The molecule has 0 spiro atoms. The number of nitrogens with two attached hydrogens (primary N) is 1. The fraction of sp³-hybridized carbons (Fsp3) is 0.500. The minimum Gasteiger partial charge on any atom is -0.373 e. The van der Waals surface area contributed by atoms with Gasteiger partial charge < -0.3 is 10.5 Å². The van der Waals surface area contributed by atoms with Gasteiger partial charge in [0.15, 0.2) is 0 Å². The van der Waals surface area contributed by atoms with E-state index in [1.807, 2.05) is 24.3 Å².